The molecule has 20 heavy (non-hydrogen) atoms. The third-order valence-electron chi connectivity index (χ3n) is 3.32. The minimum atomic E-state index is 0. The van der Waals surface area contributed by atoms with Crippen molar-refractivity contribution in [2.24, 2.45) is 10.9 Å². The van der Waals surface area contributed by atoms with E-state index in [0.29, 0.717) is 12.0 Å². The third-order valence-corrected chi connectivity index (χ3v) is 3.32. The molecule has 0 aliphatic rings. The zero-order valence-electron chi connectivity index (χ0n) is 14.7. The first kappa shape index (κ1) is 22.2. The Morgan fingerprint density at radius 3 is 1.70 bits per heavy atom. The first-order valence-electron chi connectivity index (χ1n) is 7.46. The maximum atomic E-state index is 4.82. The van der Waals surface area contributed by atoms with E-state index in [4.69, 9.17) is 4.99 Å². The second-order valence-corrected chi connectivity index (χ2v) is 5.93. The van der Waals surface area contributed by atoms with Crippen molar-refractivity contribution in [1.29, 1.82) is 0 Å². The van der Waals surface area contributed by atoms with E-state index in [9.17, 15) is 0 Å². The molecule has 0 saturated heterocycles. The van der Waals surface area contributed by atoms with Gasteiger partial charge in [-0.3, -0.25) is 9.89 Å². The fourth-order valence-corrected chi connectivity index (χ4v) is 2.49. The summed E-state index contributed by atoms with van der Waals surface area (Å²) in [6.45, 7) is 12.1. The summed E-state index contributed by atoms with van der Waals surface area (Å²) in [6, 6.07) is 0.546. The Bertz CT molecular complexity index is 251. The Morgan fingerprint density at radius 1 is 0.950 bits per heavy atom. The lowest BCUT2D eigenvalue weighted by atomic mass is 10.0. The van der Waals surface area contributed by atoms with Crippen molar-refractivity contribution in [1.82, 2.24) is 14.7 Å². The van der Waals surface area contributed by atoms with Gasteiger partial charge in [0.2, 0.25) is 0 Å². The Labute approximate surface area is 143 Å². The van der Waals surface area contributed by atoms with E-state index in [1.807, 2.05) is 28.2 Å². The Hall–Kier alpha value is -0.0400. The molecule has 0 aromatic carbocycles. The molecule has 0 aromatic heterocycles. The lowest BCUT2D eigenvalue weighted by molar-refractivity contribution is 0.195. The molecule has 122 valence electrons. The van der Waals surface area contributed by atoms with E-state index in [-0.39, 0.29) is 24.0 Å². The SMILES string of the molecule is CCN(CC)C(CN=C(N(C)C)N(C)C)CC(C)C.I. The third kappa shape index (κ3) is 8.29. The topological polar surface area (TPSA) is 22.1 Å². The smallest absolute Gasteiger partial charge is 0.195 e. The quantitative estimate of drug-likeness (QED) is 0.374. The molecular formula is C15H35IN4. The van der Waals surface area contributed by atoms with Crippen LogP contribution < -0.4 is 0 Å². The van der Waals surface area contributed by atoms with Gasteiger partial charge in [0.25, 0.3) is 0 Å². The van der Waals surface area contributed by atoms with Crippen molar-refractivity contribution in [3.05, 3.63) is 0 Å². The fraction of sp³-hybridized carbons (Fsp3) is 0.933. The van der Waals surface area contributed by atoms with E-state index < -0.39 is 0 Å². The summed E-state index contributed by atoms with van der Waals surface area (Å²) in [5, 5.41) is 0. The Morgan fingerprint density at radius 2 is 1.40 bits per heavy atom. The molecule has 0 saturated carbocycles. The zero-order chi connectivity index (χ0) is 15.0. The fourth-order valence-electron chi connectivity index (χ4n) is 2.49. The molecule has 0 amide bonds. The van der Waals surface area contributed by atoms with Crippen molar-refractivity contribution in [3.8, 4) is 0 Å². The van der Waals surface area contributed by atoms with Crippen LogP contribution in [0.5, 0.6) is 0 Å². The number of nitrogens with zero attached hydrogens (tertiary/aromatic N) is 4. The largest absolute Gasteiger partial charge is 0.349 e. The number of likely N-dealkylation sites (N-methyl/N-ethyl adjacent to an activating group) is 1. The molecule has 0 bridgehead atoms. The summed E-state index contributed by atoms with van der Waals surface area (Å²) in [7, 11) is 8.20. The summed E-state index contributed by atoms with van der Waals surface area (Å²) in [6.07, 6.45) is 1.21. The van der Waals surface area contributed by atoms with E-state index >= 15 is 0 Å². The number of rotatable bonds is 7. The highest BCUT2D eigenvalue weighted by Gasteiger charge is 2.17. The van der Waals surface area contributed by atoms with Crippen LogP contribution in [0.15, 0.2) is 4.99 Å². The molecule has 0 radical (unpaired) electrons. The average Bonchev–Trinajstić information content (AvgIpc) is 2.28. The van der Waals surface area contributed by atoms with Crippen LogP contribution in [0.2, 0.25) is 0 Å². The molecule has 0 rings (SSSR count). The van der Waals surface area contributed by atoms with Crippen LogP contribution in [0.1, 0.15) is 34.1 Å². The van der Waals surface area contributed by atoms with E-state index in [0.717, 1.165) is 25.6 Å². The highest BCUT2D eigenvalue weighted by Crippen LogP contribution is 2.12. The van der Waals surface area contributed by atoms with Crippen molar-refractivity contribution in [3.63, 3.8) is 0 Å². The second-order valence-electron chi connectivity index (χ2n) is 5.93. The number of hydrogen-bond donors (Lipinski definition) is 0. The molecule has 0 aliphatic carbocycles. The predicted molar refractivity (Wildman–Crippen MR) is 101 cm³/mol. The van der Waals surface area contributed by atoms with Crippen LogP contribution in [0.4, 0.5) is 0 Å². The van der Waals surface area contributed by atoms with Gasteiger partial charge in [0.05, 0.1) is 6.54 Å². The van der Waals surface area contributed by atoms with Crippen molar-refractivity contribution in [2.45, 2.75) is 40.2 Å². The molecule has 5 heteroatoms. The molecule has 0 aliphatic heterocycles. The van der Waals surface area contributed by atoms with Crippen LogP contribution in [0.25, 0.3) is 0 Å². The van der Waals surface area contributed by atoms with Crippen LogP contribution in [0.3, 0.4) is 0 Å². The number of halogens is 1. The number of hydrogen-bond acceptors (Lipinski definition) is 2. The van der Waals surface area contributed by atoms with Gasteiger partial charge in [-0.1, -0.05) is 27.7 Å². The van der Waals surface area contributed by atoms with Gasteiger partial charge in [0.15, 0.2) is 5.96 Å². The molecule has 1 unspecified atom stereocenters. The number of guanidine groups is 1. The summed E-state index contributed by atoms with van der Waals surface area (Å²) in [5.74, 6) is 1.75. The standard InChI is InChI=1S/C15H34N4.HI/c1-9-19(10-2)14(11-13(3)4)12-16-15(17(5)6)18(7)8;/h13-14H,9-12H2,1-8H3;1H. The number of aliphatic imine (C=N–C) groups is 1. The summed E-state index contributed by atoms with van der Waals surface area (Å²) in [4.78, 5) is 11.5. The lowest BCUT2D eigenvalue weighted by Crippen LogP contribution is -2.40. The summed E-state index contributed by atoms with van der Waals surface area (Å²) >= 11 is 0. The monoisotopic (exact) mass is 398 g/mol. The van der Waals surface area contributed by atoms with E-state index in [2.05, 4.69) is 42.4 Å². The highest BCUT2D eigenvalue weighted by atomic mass is 127. The minimum absolute atomic E-state index is 0. The van der Waals surface area contributed by atoms with Crippen LogP contribution in [-0.4, -0.2) is 74.5 Å². The molecule has 0 heterocycles. The minimum Gasteiger partial charge on any atom is -0.349 e. The van der Waals surface area contributed by atoms with Gasteiger partial charge in [0, 0.05) is 34.2 Å². The zero-order valence-corrected chi connectivity index (χ0v) is 17.0. The van der Waals surface area contributed by atoms with Gasteiger partial charge in [-0.2, -0.15) is 0 Å². The molecule has 0 aromatic rings. The van der Waals surface area contributed by atoms with Gasteiger partial charge < -0.3 is 9.80 Å². The molecule has 4 nitrogen and oxygen atoms in total. The predicted octanol–water partition coefficient (Wildman–Crippen LogP) is 2.84. The maximum absolute atomic E-state index is 4.82. The average molecular weight is 398 g/mol. The lowest BCUT2D eigenvalue weighted by Gasteiger charge is -2.31. The molecular weight excluding hydrogens is 363 g/mol. The molecule has 0 N–H and O–H groups in total. The van der Waals surface area contributed by atoms with Crippen molar-refractivity contribution >= 4 is 29.9 Å². The van der Waals surface area contributed by atoms with Crippen molar-refractivity contribution in [2.75, 3.05) is 47.8 Å². The van der Waals surface area contributed by atoms with Gasteiger partial charge in [-0.15, -0.1) is 24.0 Å². The van der Waals surface area contributed by atoms with E-state index in [1.54, 1.807) is 0 Å². The first-order chi connectivity index (χ1) is 8.83. The summed E-state index contributed by atoms with van der Waals surface area (Å²) in [5.41, 5.74) is 0. The molecule has 0 fully saturated rings. The molecule has 1 atom stereocenters. The van der Waals surface area contributed by atoms with Crippen molar-refractivity contribution < 1.29 is 0 Å². The van der Waals surface area contributed by atoms with Gasteiger partial charge in [-0.05, 0) is 25.4 Å². The Balaban J connectivity index is 0. The van der Waals surface area contributed by atoms with Gasteiger partial charge in [-0.25, -0.2) is 0 Å². The maximum Gasteiger partial charge on any atom is 0.195 e. The Kier molecular flexibility index (Phi) is 12.9. The summed E-state index contributed by atoms with van der Waals surface area (Å²) < 4.78 is 0. The first-order valence-corrected chi connectivity index (χ1v) is 7.46. The van der Waals surface area contributed by atoms with Gasteiger partial charge in [0.1, 0.15) is 0 Å². The van der Waals surface area contributed by atoms with Crippen LogP contribution in [0, 0.1) is 5.92 Å². The highest BCUT2D eigenvalue weighted by molar-refractivity contribution is 14.0. The normalized spacial score (nSPS) is 12.1. The van der Waals surface area contributed by atoms with E-state index in [1.165, 1.54) is 6.42 Å². The van der Waals surface area contributed by atoms with Crippen LogP contribution >= 0.6 is 24.0 Å². The van der Waals surface area contributed by atoms with Gasteiger partial charge >= 0.3 is 0 Å². The second kappa shape index (κ2) is 11.6. The van der Waals surface area contributed by atoms with Crippen LogP contribution in [-0.2, 0) is 0 Å². The molecule has 0 spiro atoms.